The monoisotopic (exact) mass is 299 g/mol. The van der Waals surface area contributed by atoms with Gasteiger partial charge in [0.1, 0.15) is 0 Å². The van der Waals surface area contributed by atoms with Crippen LogP contribution in [0.4, 0.5) is 5.69 Å². The minimum atomic E-state index is -0.545. The Labute approximate surface area is 121 Å². The summed E-state index contributed by atoms with van der Waals surface area (Å²) in [4.78, 5) is 23.6. The number of hydrogen-bond donors (Lipinski definition) is 2. The number of likely N-dealkylation sites (N-methyl/N-ethyl adjacent to an activating group) is 1. The second kappa shape index (κ2) is 6.17. The predicted octanol–water partition coefficient (Wildman–Crippen LogP) is -0.277. The van der Waals surface area contributed by atoms with Crippen molar-refractivity contribution < 1.29 is 14.6 Å². The van der Waals surface area contributed by atoms with E-state index in [4.69, 9.17) is 11.6 Å². The number of rotatable bonds is 3. The molecular weight excluding hydrogens is 284 g/mol. The van der Waals surface area contributed by atoms with Crippen molar-refractivity contribution in [3.63, 3.8) is 0 Å². The number of halogens is 1. The fourth-order valence-corrected chi connectivity index (χ4v) is 2.27. The molecule has 0 unspecified atom stereocenters. The van der Waals surface area contributed by atoms with Crippen LogP contribution in [0, 0.1) is 10.1 Å². The minimum Gasteiger partial charge on any atom is -0.335 e. The first-order chi connectivity index (χ1) is 9.47. The quantitative estimate of drug-likeness (QED) is 0.594. The van der Waals surface area contributed by atoms with E-state index in [2.05, 4.69) is 12.5 Å². The van der Waals surface area contributed by atoms with Crippen molar-refractivity contribution in [1.82, 2.24) is 10.4 Å². The number of nitrogens with zero attached hydrogens (tertiary/aromatic N) is 2. The highest BCUT2D eigenvalue weighted by molar-refractivity contribution is 6.34. The number of quaternary nitrogens is 1. The third-order valence-electron chi connectivity index (χ3n) is 3.28. The summed E-state index contributed by atoms with van der Waals surface area (Å²) in [7, 11) is 2.10. The number of nitro groups is 1. The van der Waals surface area contributed by atoms with Gasteiger partial charge in [-0.2, -0.15) is 0 Å². The second-order valence-electron chi connectivity index (χ2n) is 4.81. The Balaban J connectivity index is 2.04. The molecule has 0 aliphatic carbocycles. The van der Waals surface area contributed by atoms with Crippen LogP contribution in [0.25, 0.3) is 0 Å². The topological polar surface area (TPSA) is 79.9 Å². The summed E-state index contributed by atoms with van der Waals surface area (Å²) >= 11 is 5.92. The maximum absolute atomic E-state index is 12.1. The SMILES string of the molecule is C[NH+]1CCN(NC(=O)c2ccc([N+](=O)[O-])cc2Cl)CC1. The predicted molar refractivity (Wildman–Crippen MR) is 73.8 cm³/mol. The fraction of sp³-hybridized carbons (Fsp3) is 0.417. The van der Waals surface area contributed by atoms with Crippen molar-refractivity contribution in [1.29, 1.82) is 0 Å². The average molecular weight is 300 g/mol. The lowest BCUT2D eigenvalue weighted by Gasteiger charge is -2.30. The van der Waals surface area contributed by atoms with E-state index in [1.54, 1.807) is 0 Å². The molecule has 0 bridgehead atoms. The number of nitro benzene ring substituents is 1. The number of amides is 1. The van der Waals surface area contributed by atoms with Crippen LogP contribution in [0.5, 0.6) is 0 Å². The second-order valence-corrected chi connectivity index (χ2v) is 5.21. The van der Waals surface area contributed by atoms with Crippen LogP contribution in [-0.4, -0.2) is 49.1 Å². The van der Waals surface area contributed by atoms with Crippen LogP contribution in [0.2, 0.25) is 5.02 Å². The molecule has 1 saturated heterocycles. The van der Waals surface area contributed by atoms with Gasteiger partial charge in [-0.3, -0.25) is 20.3 Å². The molecule has 0 spiro atoms. The van der Waals surface area contributed by atoms with Crippen LogP contribution in [0.15, 0.2) is 18.2 Å². The van der Waals surface area contributed by atoms with Gasteiger partial charge < -0.3 is 4.90 Å². The van der Waals surface area contributed by atoms with Crippen LogP contribution >= 0.6 is 11.6 Å². The number of piperazine rings is 1. The molecule has 1 fully saturated rings. The van der Waals surface area contributed by atoms with Crippen LogP contribution in [0.3, 0.4) is 0 Å². The molecule has 0 radical (unpaired) electrons. The van der Waals surface area contributed by atoms with Gasteiger partial charge in [-0.05, 0) is 6.07 Å². The molecule has 2 N–H and O–H groups in total. The molecule has 2 rings (SSSR count). The van der Waals surface area contributed by atoms with E-state index in [0.717, 1.165) is 26.2 Å². The summed E-state index contributed by atoms with van der Waals surface area (Å²) < 4.78 is 0. The lowest BCUT2D eigenvalue weighted by molar-refractivity contribution is -0.884. The number of carbonyl (C=O) groups is 1. The number of carbonyl (C=O) groups excluding carboxylic acids is 1. The van der Waals surface area contributed by atoms with Crippen LogP contribution in [-0.2, 0) is 0 Å². The van der Waals surface area contributed by atoms with E-state index in [1.165, 1.54) is 23.1 Å². The van der Waals surface area contributed by atoms with E-state index < -0.39 is 4.92 Å². The Morgan fingerprint density at radius 1 is 1.45 bits per heavy atom. The summed E-state index contributed by atoms with van der Waals surface area (Å²) in [6.45, 7) is 3.44. The first-order valence-electron chi connectivity index (χ1n) is 6.28. The molecule has 20 heavy (non-hydrogen) atoms. The lowest BCUT2D eigenvalue weighted by atomic mass is 10.2. The molecule has 108 valence electrons. The van der Waals surface area contributed by atoms with Gasteiger partial charge in [-0.1, -0.05) is 11.6 Å². The van der Waals surface area contributed by atoms with Crippen molar-refractivity contribution >= 4 is 23.2 Å². The van der Waals surface area contributed by atoms with Crippen molar-refractivity contribution in [3.8, 4) is 0 Å². The summed E-state index contributed by atoms with van der Waals surface area (Å²) in [6.07, 6.45) is 0. The van der Waals surface area contributed by atoms with Gasteiger partial charge in [0.05, 0.1) is 48.7 Å². The van der Waals surface area contributed by atoms with Gasteiger partial charge in [0.15, 0.2) is 0 Å². The summed E-state index contributed by atoms with van der Waals surface area (Å²) in [6, 6.07) is 3.83. The zero-order valence-corrected chi connectivity index (χ0v) is 11.8. The number of hydrazine groups is 1. The van der Waals surface area contributed by atoms with E-state index in [9.17, 15) is 14.9 Å². The fourth-order valence-electron chi connectivity index (χ4n) is 2.01. The van der Waals surface area contributed by atoms with Crippen molar-refractivity contribution in [3.05, 3.63) is 38.9 Å². The van der Waals surface area contributed by atoms with Gasteiger partial charge in [-0.25, -0.2) is 5.01 Å². The third kappa shape index (κ3) is 3.44. The van der Waals surface area contributed by atoms with E-state index in [1.807, 2.05) is 5.01 Å². The molecule has 1 aliphatic heterocycles. The summed E-state index contributed by atoms with van der Waals surface area (Å²) in [5.41, 5.74) is 2.88. The van der Waals surface area contributed by atoms with Crippen molar-refractivity contribution in [2.75, 3.05) is 33.2 Å². The van der Waals surface area contributed by atoms with Crippen LogP contribution in [0.1, 0.15) is 10.4 Å². The Kier molecular flexibility index (Phi) is 4.53. The highest BCUT2D eigenvalue weighted by Gasteiger charge is 2.21. The summed E-state index contributed by atoms with van der Waals surface area (Å²) in [5.74, 6) is -0.343. The Bertz CT molecular complexity index is 529. The molecule has 1 aliphatic rings. The van der Waals surface area contributed by atoms with E-state index in [-0.39, 0.29) is 22.2 Å². The first-order valence-corrected chi connectivity index (χ1v) is 6.66. The molecular formula is C12H16ClN4O3+. The molecule has 1 aromatic carbocycles. The Hall–Kier alpha value is -1.70. The van der Waals surface area contributed by atoms with E-state index in [0.29, 0.717) is 0 Å². The van der Waals surface area contributed by atoms with Gasteiger partial charge in [0.2, 0.25) is 0 Å². The number of nitrogens with one attached hydrogen (secondary N) is 2. The maximum atomic E-state index is 12.1. The lowest BCUT2D eigenvalue weighted by Crippen LogP contribution is -3.12. The molecule has 7 nitrogen and oxygen atoms in total. The smallest absolute Gasteiger partial charge is 0.270 e. The van der Waals surface area contributed by atoms with Gasteiger partial charge in [0.25, 0.3) is 11.6 Å². The molecule has 1 heterocycles. The highest BCUT2D eigenvalue weighted by atomic mass is 35.5. The highest BCUT2D eigenvalue weighted by Crippen LogP contribution is 2.22. The van der Waals surface area contributed by atoms with E-state index >= 15 is 0 Å². The number of benzene rings is 1. The molecule has 1 aromatic rings. The van der Waals surface area contributed by atoms with Crippen molar-refractivity contribution in [2.45, 2.75) is 0 Å². The molecule has 8 heteroatoms. The molecule has 0 atom stereocenters. The number of non-ortho nitro benzene ring substituents is 1. The third-order valence-corrected chi connectivity index (χ3v) is 3.60. The minimum absolute atomic E-state index is 0.0800. The maximum Gasteiger partial charge on any atom is 0.270 e. The zero-order valence-electron chi connectivity index (χ0n) is 11.1. The van der Waals surface area contributed by atoms with Gasteiger partial charge >= 0.3 is 0 Å². The summed E-state index contributed by atoms with van der Waals surface area (Å²) in [5, 5.41) is 12.5. The van der Waals surface area contributed by atoms with Gasteiger partial charge in [-0.15, -0.1) is 0 Å². The van der Waals surface area contributed by atoms with Gasteiger partial charge in [0, 0.05) is 12.1 Å². The van der Waals surface area contributed by atoms with Crippen molar-refractivity contribution in [2.24, 2.45) is 0 Å². The standard InChI is InChI=1S/C12H15ClN4O3/c1-15-4-6-16(7-5-15)14-12(18)10-3-2-9(17(19)20)8-11(10)13/h2-3,8H,4-7H2,1H3,(H,14,18)/p+1. The molecule has 1 amide bonds. The molecule has 0 saturated carbocycles. The average Bonchev–Trinajstić information content (AvgIpc) is 2.41. The number of hydrogen-bond acceptors (Lipinski definition) is 4. The van der Waals surface area contributed by atoms with Crippen LogP contribution < -0.4 is 10.3 Å². The normalized spacial score (nSPS) is 16.9. The first kappa shape index (κ1) is 14.7. The Morgan fingerprint density at radius 2 is 2.10 bits per heavy atom. The zero-order chi connectivity index (χ0) is 14.7. The Morgan fingerprint density at radius 3 is 2.65 bits per heavy atom. The molecule has 0 aromatic heterocycles. The largest absolute Gasteiger partial charge is 0.335 e.